The van der Waals surface area contributed by atoms with Crippen LogP contribution in [0.15, 0.2) is 41.3 Å². The first kappa shape index (κ1) is 28.6. The van der Waals surface area contributed by atoms with Crippen LogP contribution in [0.25, 0.3) is 0 Å². The molecule has 212 valence electrons. The molecule has 0 bridgehead atoms. The Balaban J connectivity index is 1.38. The summed E-state index contributed by atoms with van der Waals surface area (Å²) >= 11 is 0. The summed E-state index contributed by atoms with van der Waals surface area (Å²) in [5, 5.41) is 0. The zero-order chi connectivity index (χ0) is 28.5. The number of amides is 2. The predicted octanol–water partition coefficient (Wildman–Crippen LogP) is 4.06. The van der Waals surface area contributed by atoms with Gasteiger partial charge >= 0.3 is 12.2 Å². The number of rotatable bonds is 6. The molecule has 0 saturated carbocycles. The van der Waals surface area contributed by atoms with E-state index in [1.54, 1.807) is 32.9 Å². The molecule has 0 aliphatic carbocycles. The molecule has 13 heteroatoms. The summed E-state index contributed by atoms with van der Waals surface area (Å²) < 4.78 is 70.6. The highest BCUT2D eigenvalue weighted by molar-refractivity contribution is 7.86. The molecule has 0 N–H and O–H groups in total. The van der Waals surface area contributed by atoms with E-state index < -0.39 is 52.3 Å². The monoisotopic (exact) mass is 567 g/mol. The molecule has 39 heavy (non-hydrogen) atoms. The standard InChI is InChI=1S/C26H31F2N3O7S/c1-17-5-7-20(8-6-17)39(34,35)36-16-19-15-31(25(33)37-19)18-13-21(27)23(22(28)14-18)29-9-11-30(12-10-29)24(32)38-26(2,3)4/h5-8,13-14,19H,9-12,15-16H2,1-4H3. The van der Waals surface area contributed by atoms with Crippen LogP contribution in [0.2, 0.25) is 0 Å². The number of halogens is 2. The fraction of sp³-hybridized carbons (Fsp3) is 0.462. The van der Waals surface area contributed by atoms with Gasteiger partial charge in [-0.25, -0.2) is 18.4 Å². The Morgan fingerprint density at radius 2 is 1.64 bits per heavy atom. The lowest BCUT2D eigenvalue weighted by molar-refractivity contribution is 0.0240. The topological polar surface area (TPSA) is 106 Å². The Kier molecular flexibility index (Phi) is 8.03. The number of anilines is 2. The van der Waals surface area contributed by atoms with E-state index >= 15 is 8.78 Å². The molecular formula is C26H31F2N3O7S. The fourth-order valence-electron chi connectivity index (χ4n) is 4.21. The van der Waals surface area contributed by atoms with Crippen molar-refractivity contribution in [2.45, 2.75) is 44.3 Å². The van der Waals surface area contributed by atoms with Crippen molar-refractivity contribution in [3.8, 4) is 0 Å². The highest BCUT2D eigenvalue weighted by Gasteiger charge is 2.35. The molecule has 0 spiro atoms. The predicted molar refractivity (Wildman–Crippen MR) is 138 cm³/mol. The molecule has 1 unspecified atom stereocenters. The maximum absolute atomic E-state index is 15.1. The highest BCUT2D eigenvalue weighted by atomic mass is 32.2. The zero-order valence-electron chi connectivity index (χ0n) is 22.1. The Morgan fingerprint density at radius 1 is 1.05 bits per heavy atom. The van der Waals surface area contributed by atoms with Crippen molar-refractivity contribution in [2.75, 3.05) is 49.1 Å². The third-order valence-corrected chi connectivity index (χ3v) is 7.45. The van der Waals surface area contributed by atoms with Gasteiger partial charge in [0.25, 0.3) is 10.1 Å². The minimum atomic E-state index is -4.08. The second kappa shape index (κ2) is 11.0. The van der Waals surface area contributed by atoms with Gasteiger partial charge in [-0.1, -0.05) is 17.7 Å². The van der Waals surface area contributed by atoms with Crippen molar-refractivity contribution in [3.05, 3.63) is 53.6 Å². The Hall–Kier alpha value is -3.45. The molecule has 2 heterocycles. The molecule has 2 aromatic rings. The van der Waals surface area contributed by atoms with E-state index in [1.807, 2.05) is 6.92 Å². The first-order chi connectivity index (χ1) is 18.2. The lowest BCUT2D eigenvalue weighted by Crippen LogP contribution is -2.50. The van der Waals surface area contributed by atoms with Gasteiger partial charge in [-0.15, -0.1) is 0 Å². The molecule has 2 fully saturated rings. The maximum Gasteiger partial charge on any atom is 0.414 e. The number of carbonyl (C=O) groups excluding carboxylic acids is 2. The zero-order valence-corrected chi connectivity index (χ0v) is 23.0. The van der Waals surface area contributed by atoms with Crippen LogP contribution in [0, 0.1) is 18.6 Å². The van der Waals surface area contributed by atoms with Gasteiger partial charge < -0.3 is 19.3 Å². The van der Waals surface area contributed by atoms with Gasteiger partial charge in [-0.05, 0) is 39.8 Å². The van der Waals surface area contributed by atoms with Crippen LogP contribution in [-0.2, 0) is 23.8 Å². The molecule has 10 nitrogen and oxygen atoms in total. The van der Waals surface area contributed by atoms with E-state index in [-0.39, 0.29) is 49.0 Å². The number of nitrogens with zero attached hydrogens (tertiary/aromatic N) is 3. The van der Waals surface area contributed by atoms with Crippen LogP contribution in [0.1, 0.15) is 26.3 Å². The Bertz CT molecular complexity index is 1320. The van der Waals surface area contributed by atoms with Crippen LogP contribution in [0.3, 0.4) is 0 Å². The SMILES string of the molecule is Cc1ccc(S(=O)(=O)OCC2CN(c3cc(F)c(N4CCN(C(=O)OC(C)(C)C)CC4)c(F)c3)C(=O)O2)cc1. The van der Waals surface area contributed by atoms with Gasteiger partial charge in [0.15, 0.2) is 11.6 Å². The van der Waals surface area contributed by atoms with E-state index in [0.717, 1.165) is 22.6 Å². The van der Waals surface area contributed by atoms with Crippen LogP contribution in [-0.4, -0.2) is 76.5 Å². The fourth-order valence-corrected chi connectivity index (χ4v) is 5.14. The molecule has 2 aliphatic heterocycles. The van der Waals surface area contributed by atoms with E-state index in [0.29, 0.717) is 0 Å². The average Bonchev–Trinajstić information content (AvgIpc) is 3.22. The Labute approximate surface area is 226 Å². The lowest BCUT2D eigenvalue weighted by Gasteiger charge is -2.37. The second-order valence-electron chi connectivity index (χ2n) is 10.4. The molecule has 2 amide bonds. The summed E-state index contributed by atoms with van der Waals surface area (Å²) in [6.45, 7) is 7.29. The third-order valence-electron chi connectivity index (χ3n) is 6.15. The first-order valence-corrected chi connectivity index (χ1v) is 13.8. The van der Waals surface area contributed by atoms with Crippen molar-refractivity contribution in [1.29, 1.82) is 0 Å². The second-order valence-corrected chi connectivity index (χ2v) is 12.0. The summed E-state index contributed by atoms with van der Waals surface area (Å²) in [4.78, 5) is 28.6. The van der Waals surface area contributed by atoms with Crippen molar-refractivity contribution < 1.29 is 40.4 Å². The number of benzene rings is 2. The van der Waals surface area contributed by atoms with Crippen molar-refractivity contribution in [3.63, 3.8) is 0 Å². The van der Waals surface area contributed by atoms with Crippen LogP contribution < -0.4 is 9.80 Å². The van der Waals surface area contributed by atoms with Gasteiger partial charge in [0, 0.05) is 38.3 Å². The molecular weight excluding hydrogens is 536 g/mol. The number of hydrogen-bond donors (Lipinski definition) is 0. The number of hydrogen-bond acceptors (Lipinski definition) is 8. The van der Waals surface area contributed by atoms with Crippen molar-refractivity contribution in [2.24, 2.45) is 0 Å². The minimum absolute atomic E-state index is 0.0408. The summed E-state index contributed by atoms with van der Waals surface area (Å²) in [6.07, 6.45) is -2.34. The Morgan fingerprint density at radius 3 is 2.21 bits per heavy atom. The lowest BCUT2D eigenvalue weighted by atomic mass is 10.2. The molecule has 4 rings (SSSR count). The average molecular weight is 568 g/mol. The van der Waals surface area contributed by atoms with Gasteiger partial charge in [0.1, 0.15) is 24.0 Å². The summed E-state index contributed by atoms with van der Waals surface area (Å²) in [5.41, 5.74) is -0.114. The number of carbonyl (C=O) groups is 2. The van der Waals surface area contributed by atoms with E-state index in [2.05, 4.69) is 0 Å². The number of ether oxygens (including phenoxy) is 2. The van der Waals surface area contributed by atoms with Gasteiger partial charge in [-0.2, -0.15) is 8.42 Å². The largest absolute Gasteiger partial charge is 0.444 e. The van der Waals surface area contributed by atoms with Gasteiger partial charge in [-0.3, -0.25) is 9.08 Å². The number of piperazine rings is 1. The smallest absolute Gasteiger partial charge is 0.414 e. The molecule has 2 saturated heterocycles. The summed E-state index contributed by atoms with van der Waals surface area (Å²) in [7, 11) is -4.08. The molecule has 1 atom stereocenters. The number of aryl methyl sites for hydroxylation is 1. The van der Waals surface area contributed by atoms with Crippen LogP contribution in [0.4, 0.5) is 29.7 Å². The van der Waals surface area contributed by atoms with Crippen molar-refractivity contribution in [1.82, 2.24) is 4.90 Å². The van der Waals surface area contributed by atoms with E-state index in [1.165, 1.54) is 21.9 Å². The third kappa shape index (κ3) is 6.77. The van der Waals surface area contributed by atoms with Gasteiger partial charge in [0.2, 0.25) is 0 Å². The highest BCUT2D eigenvalue weighted by Crippen LogP contribution is 2.32. The van der Waals surface area contributed by atoms with Crippen LogP contribution >= 0.6 is 0 Å². The summed E-state index contributed by atoms with van der Waals surface area (Å²) in [5.74, 6) is -1.77. The van der Waals surface area contributed by atoms with Crippen LogP contribution in [0.5, 0.6) is 0 Å². The van der Waals surface area contributed by atoms with Crippen molar-refractivity contribution >= 4 is 33.7 Å². The maximum atomic E-state index is 15.1. The summed E-state index contributed by atoms with van der Waals surface area (Å²) in [6, 6.07) is 8.10. The molecule has 0 radical (unpaired) electrons. The molecule has 0 aromatic heterocycles. The van der Waals surface area contributed by atoms with Gasteiger partial charge in [0.05, 0.1) is 17.1 Å². The van der Waals surface area contributed by atoms with E-state index in [9.17, 15) is 18.0 Å². The molecule has 2 aromatic carbocycles. The molecule has 2 aliphatic rings. The quantitative estimate of drug-likeness (QED) is 0.482. The first-order valence-electron chi connectivity index (χ1n) is 12.4. The minimum Gasteiger partial charge on any atom is -0.444 e. The number of cyclic esters (lactones) is 1. The normalized spacial score (nSPS) is 18.4. The van der Waals surface area contributed by atoms with E-state index in [4.69, 9.17) is 13.7 Å².